The Labute approximate surface area is 175 Å². The highest BCUT2D eigenvalue weighted by atomic mass is 16.5. The Balaban J connectivity index is 1.43. The number of hydrogen-bond donors (Lipinski definition) is 1. The second-order valence-corrected chi connectivity index (χ2v) is 7.82. The van der Waals surface area contributed by atoms with Gasteiger partial charge in [0.25, 0.3) is 5.91 Å². The van der Waals surface area contributed by atoms with Crippen LogP contribution >= 0.6 is 0 Å². The minimum Gasteiger partial charge on any atom is -0.480 e. The third-order valence-electron chi connectivity index (χ3n) is 5.71. The molecule has 1 aliphatic carbocycles. The van der Waals surface area contributed by atoms with Crippen LogP contribution in [0.2, 0.25) is 0 Å². The molecule has 2 aromatic heterocycles. The number of nitrogens with one attached hydrogen (secondary N) is 1. The van der Waals surface area contributed by atoms with Crippen LogP contribution in [0.4, 0.5) is 0 Å². The third-order valence-corrected chi connectivity index (χ3v) is 5.71. The van der Waals surface area contributed by atoms with Gasteiger partial charge in [-0.3, -0.25) is 4.79 Å². The number of fused-ring (bicyclic) bond motifs is 3. The first-order valence-electron chi connectivity index (χ1n) is 10.5. The Morgan fingerprint density at radius 1 is 1.30 bits per heavy atom. The molecule has 0 saturated carbocycles. The van der Waals surface area contributed by atoms with Gasteiger partial charge in [-0.15, -0.1) is 0 Å². The summed E-state index contributed by atoms with van der Waals surface area (Å²) < 4.78 is 13.5. The smallest absolute Gasteiger partial charge is 0.339 e. The minimum atomic E-state index is -0.654. The summed E-state index contributed by atoms with van der Waals surface area (Å²) >= 11 is 0. The molecule has 0 saturated heterocycles. The van der Waals surface area contributed by atoms with Gasteiger partial charge in [0, 0.05) is 42.0 Å². The average molecular weight is 409 g/mol. The summed E-state index contributed by atoms with van der Waals surface area (Å²) in [6, 6.07) is 3.82. The Kier molecular flexibility index (Phi) is 5.88. The van der Waals surface area contributed by atoms with Crippen LogP contribution in [-0.4, -0.2) is 28.1 Å². The number of nitrogens with zero attached hydrogens (tertiary/aromatic N) is 2. The number of ether oxygens (including phenoxy) is 1. The van der Waals surface area contributed by atoms with Crippen LogP contribution in [-0.2, 0) is 24.2 Å². The SMILES string of the molecule is Cc1c(O[C@@H](C)C(=O)NCCCn2ccnc2)ccc2c3c(c(=O)oc12)CCCC3. The molecule has 4 rings (SSSR count). The minimum absolute atomic E-state index is 0.174. The van der Waals surface area contributed by atoms with Crippen molar-refractivity contribution < 1.29 is 13.9 Å². The van der Waals surface area contributed by atoms with Gasteiger partial charge in [0.05, 0.1) is 6.33 Å². The number of hydrogen-bond acceptors (Lipinski definition) is 5. The van der Waals surface area contributed by atoms with E-state index in [-0.39, 0.29) is 11.5 Å². The van der Waals surface area contributed by atoms with E-state index < -0.39 is 6.10 Å². The molecule has 1 N–H and O–H groups in total. The zero-order chi connectivity index (χ0) is 21.1. The van der Waals surface area contributed by atoms with Crippen LogP contribution in [0.3, 0.4) is 0 Å². The van der Waals surface area contributed by atoms with E-state index in [1.165, 1.54) is 0 Å². The van der Waals surface area contributed by atoms with E-state index >= 15 is 0 Å². The highest BCUT2D eigenvalue weighted by Gasteiger charge is 2.21. The van der Waals surface area contributed by atoms with Crippen molar-refractivity contribution in [1.29, 1.82) is 0 Å². The van der Waals surface area contributed by atoms with E-state index in [0.29, 0.717) is 17.9 Å². The van der Waals surface area contributed by atoms with Crippen molar-refractivity contribution in [1.82, 2.24) is 14.9 Å². The predicted molar refractivity (Wildman–Crippen MR) is 114 cm³/mol. The summed E-state index contributed by atoms with van der Waals surface area (Å²) in [5.74, 6) is 0.384. The van der Waals surface area contributed by atoms with Crippen LogP contribution < -0.4 is 15.7 Å². The Hall–Kier alpha value is -3.09. The van der Waals surface area contributed by atoms with Crippen LogP contribution in [0.1, 0.15) is 42.9 Å². The molecular weight excluding hydrogens is 382 g/mol. The van der Waals surface area contributed by atoms with Crippen LogP contribution in [0.25, 0.3) is 11.0 Å². The van der Waals surface area contributed by atoms with Crippen molar-refractivity contribution in [2.75, 3.05) is 6.54 Å². The molecular formula is C23H27N3O4. The highest BCUT2D eigenvalue weighted by molar-refractivity contribution is 5.86. The van der Waals surface area contributed by atoms with E-state index in [9.17, 15) is 9.59 Å². The first kappa shape index (κ1) is 20.2. The van der Waals surface area contributed by atoms with Crippen molar-refractivity contribution >= 4 is 16.9 Å². The summed E-state index contributed by atoms with van der Waals surface area (Å²) in [6.07, 6.45) is 9.32. The zero-order valence-corrected chi connectivity index (χ0v) is 17.4. The lowest BCUT2D eigenvalue weighted by Gasteiger charge is -2.19. The fraction of sp³-hybridized carbons (Fsp3) is 0.435. The summed E-state index contributed by atoms with van der Waals surface area (Å²) in [7, 11) is 0. The predicted octanol–water partition coefficient (Wildman–Crippen LogP) is 3.15. The standard InChI is InChI=1S/C23H27N3O4/c1-15-20(29-16(2)22(27)25-10-5-12-26-13-11-24-14-26)9-8-18-17-6-3-4-7-19(17)23(28)30-21(15)18/h8-9,11,13-14,16H,3-7,10,12H2,1-2H3,(H,25,27)/t16-/m0/s1. The molecule has 2 heterocycles. The second kappa shape index (κ2) is 8.73. The maximum Gasteiger partial charge on any atom is 0.339 e. The topological polar surface area (TPSA) is 86.4 Å². The van der Waals surface area contributed by atoms with Gasteiger partial charge in [0.1, 0.15) is 11.3 Å². The molecule has 30 heavy (non-hydrogen) atoms. The van der Waals surface area contributed by atoms with Crippen LogP contribution in [0, 0.1) is 6.92 Å². The largest absolute Gasteiger partial charge is 0.480 e. The third kappa shape index (κ3) is 4.10. The molecule has 0 aliphatic heterocycles. The number of aryl methyl sites for hydroxylation is 3. The van der Waals surface area contributed by atoms with Crippen molar-refractivity contribution in [3.05, 3.63) is 58.0 Å². The fourth-order valence-corrected chi connectivity index (χ4v) is 4.03. The lowest BCUT2D eigenvalue weighted by molar-refractivity contribution is -0.127. The normalized spacial score (nSPS) is 14.3. The van der Waals surface area contributed by atoms with E-state index in [4.69, 9.17) is 9.15 Å². The van der Waals surface area contributed by atoms with Gasteiger partial charge in [-0.25, -0.2) is 9.78 Å². The van der Waals surface area contributed by atoms with Gasteiger partial charge in [-0.1, -0.05) is 0 Å². The summed E-state index contributed by atoms with van der Waals surface area (Å²) in [5, 5.41) is 3.88. The van der Waals surface area contributed by atoms with E-state index in [0.717, 1.165) is 60.7 Å². The lowest BCUT2D eigenvalue weighted by Crippen LogP contribution is -2.37. The molecule has 0 spiro atoms. The monoisotopic (exact) mass is 409 g/mol. The second-order valence-electron chi connectivity index (χ2n) is 7.82. The summed E-state index contributed by atoms with van der Waals surface area (Å²) in [6.45, 7) is 4.94. The highest BCUT2D eigenvalue weighted by Crippen LogP contribution is 2.32. The van der Waals surface area contributed by atoms with Gasteiger partial charge in [0.2, 0.25) is 0 Å². The van der Waals surface area contributed by atoms with Gasteiger partial charge in [-0.2, -0.15) is 0 Å². The van der Waals surface area contributed by atoms with E-state index in [1.807, 2.05) is 29.8 Å². The molecule has 7 nitrogen and oxygen atoms in total. The number of carbonyl (C=O) groups excluding carboxylic acids is 1. The van der Waals surface area contributed by atoms with Crippen molar-refractivity contribution in [2.45, 2.75) is 58.6 Å². The quantitative estimate of drug-likeness (QED) is 0.479. The maximum absolute atomic E-state index is 12.4. The van der Waals surface area contributed by atoms with Crippen molar-refractivity contribution in [3.63, 3.8) is 0 Å². The van der Waals surface area contributed by atoms with Crippen LogP contribution in [0.15, 0.2) is 40.1 Å². The van der Waals surface area contributed by atoms with E-state index in [2.05, 4.69) is 10.3 Å². The van der Waals surface area contributed by atoms with Gasteiger partial charge >= 0.3 is 5.63 Å². The number of carbonyl (C=O) groups is 1. The first-order valence-corrected chi connectivity index (χ1v) is 10.5. The molecule has 0 bridgehead atoms. The maximum atomic E-state index is 12.4. The van der Waals surface area contributed by atoms with E-state index in [1.54, 1.807) is 19.4 Å². The molecule has 1 atom stereocenters. The Morgan fingerprint density at radius 3 is 2.87 bits per heavy atom. The molecule has 1 aliphatic rings. The zero-order valence-electron chi connectivity index (χ0n) is 17.4. The molecule has 158 valence electrons. The Bertz CT molecular complexity index is 1100. The number of aromatic nitrogens is 2. The van der Waals surface area contributed by atoms with Crippen LogP contribution in [0.5, 0.6) is 5.75 Å². The van der Waals surface area contributed by atoms with Crippen molar-refractivity contribution in [2.24, 2.45) is 0 Å². The molecule has 3 aromatic rings. The average Bonchev–Trinajstić information content (AvgIpc) is 3.27. The number of amides is 1. The lowest BCUT2D eigenvalue weighted by atomic mass is 9.90. The number of benzene rings is 1. The number of rotatable bonds is 7. The molecule has 1 amide bonds. The van der Waals surface area contributed by atoms with Gasteiger partial charge < -0.3 is 19.0 Å². The van der Waals surface area contributed by atoms with Gasteiger partial charge in [-0.05, 0) is 63.6 Å². The molecule has 0 fully saturated rings. The molecule has 7 heteroatoms. The number of imidazole rings is 1. The van der Waals surface area contributed by atoms with Gasteiger partial charge in [0.15, 0.2) is 6.10 Å². The van der Waals surface area contributed by atoms with Crippen molar-refractivity contribution in [3.8, 4) is 5.75 Å². The molecule has 0 unspecified atom stereocenters. The molecule has 1 aromatic carbocycles. The fourth-order valence-electron chi connectivity index (χ4n) is 4.03. The molecule has 0 radical (unpaired) electrons. The first-order chi connectivity index (χ1) is 14.5. The Morgan fingerprint density at radius 2 is 2.10 bits per heavy atom. The summed E-state index contributed by atoms with van der Waals surface area (Å²) in [5.41, 5.74) is 2.97. The summed E-state index contributed by atoms with van der Waals surface area (Å²) in [4.78, 5) is 28.8.